The second kappa shape index (κ2) is 8.29. The van der Waals surface area contributed by atoms with Crippen LogP contribution in [0.1, 0.15) is 24.1 Å². The third-order valence-corrected chi connectivity index (χ3v) is 5.91. The van der Waals surface area contributed by atoms with Gasteiger partial charge in [0.1, 0.15) is 0 Å². The first-order valence-electron chi connectivity index (χ1n) is 9.72. The molecule has 3 aromatic rings. The van der Waals surface area contributed by atoms with Gasteiger partial charge in [0.05, 0.1) is 0 Å². The molecule has 2 aromatic carbocycles. The molecule has 4 rings (SSSR count). The highest BCUT2D eigenvalue weighted by Gasteiger charge is 2.25. The lowest BCUT2D eigenvalue weighted by atomic mass is 9.95. The number of hydrogen-bond acceptors (Lipinski definition) is 3. The van der Waals surface area contributed by atoms with Gasteiger partial charge < -0.3 is 5.32 Å². The monoisotopic (exact) mass is 393 g/mol. The minimum absolute atomic E-state index is 0.0531. The first-order chi connectivity index (χ1) is 13.6. The Morgan fingerprint density at radius 1 is 1.18 bits per heavy atom. The highest BCUT2D eigenvalue weighted by atomic mass is 35.5. The maximum atomic E-state index is 12.7. The van der Waals surface area contributed by atoms with E-state index in [-0.39, 0.29) is 11.8 Å². The summed E-state index contributed by atoms with van der Waals surface area (Å²) in [6.45, 7) is 4.65. The molecule has 0 aliphatic carbocycles. The van der Waals surface area contributed by atoms with Gasteiger partial charge in [0.15, 0.2) is 0 Å². The average molecular weight is 394 g/mol. The molecule has 28 heavy (non-hydrogen) atoms. The molecule has 1 aliphatic rings. The van der Waals surface area contributed by atoms with Crippen molar-refractivity contribution in [1.82, 2.24) is 9.88 Å². The number of nitrogens with one attached hydrogen (secondary N) is 1. The number of rotatable bonds is 4. The zero-order valence-electron chi connectivity index (χ0n) is 16.0. The number of halogens is 1. The number of nitrogens with zero attached hydrogens (tertiary/aromatic N) is 2. The first kappa shape index (κ1) is 18.9. The van der Waals surface area contributed by atoms with Gasteiger partial charge in [0, 0.05) is 40.4 Å². The Labute approximate surface area is 170 Å². The summed E-state index contributed by atoms with van der Waals surface area (Å²) in [6, 6.07) is 16.0. The van der Waals surface area contributed by atoms with Crippen LogP contribution in [0.25, 0.3) is 10.8 Å². The van der Waals surface area contributed by atoms with Crippen LogP contribution in [0.15, 0.2) is 54.7 Å². The van der Waals surface area contributed by atoms with E-state index >= 15 is 0 Å². The molecule has 0 unspecified atom stereocenters. The molecule has 0 bridgehead atoms. The largest absolute Gasteiger partial charge is 0.326 e. The number of likely N-dealkylation sites (tertiary alicyclic amines) is 1. The normalized spacial score (nSPS) is 15.6. The van der Waals surface area contributed by atoms with E-state index in [9.17, 15) is 4.79 Å². The molecule has 0 saturated carbocycles. The predicted octanol–water partition coefficient (Wildman–Crippen LogP) is 5.05. The maximum Gasteiger partial charge on any atom is 0.227 e. The lowest BCUT2D eigenvalue weighted by Crippen LogP contribution is -2.37. The number of carbonyl (C=O) groups excluding carboxylic acids is 1. The van der Waals surface area contributed by atoms with Gasteiger partial charge in [-0.1, -0.05) is 35.9 Å². The Morgan fingerprint density at radius 3 is 2.75 bits per heavy atom. The van der Waals surface area contributed by atoms with Crippen molar-refractivity contribution in [3.8, 4) is 0 Å². The molecule has 0 radical (unpaired) electrons. The summed E-state index contributed by atoms with van der Waals surface area (Å²) in [7, 11) is 0. The van der Waals surface area contributed by atoms with Crippen molar-refractivity contribution in [1.29, 1.82) is 0 Å². The molecule has 1 aromatic heterocycles. The summed E-state index contributed by atoms with van der Waals surface area (Å²) < 4.78 is 0. The number of pyridine rings is 1. The van der Waals surface area contributed by atoms with E-state index in [1.165, 1.54) is 0 Å². The van der Waals surface area contributed by atoms with Crippen LogP contribution in [0.5, 0.6) is 0 Å². The third-order valence-electron chi connectivity index (χ3n) is 5.54. The van der Waals surface area contributed by atoms with Gasteiger partial charge in [-0.3, -0.25) is 14.7 Å². The van der Waals surface area contributed by atoms with Crippen LogP contribution in [0, 0.1) is 12.8 Å². The molecule has 1 amide bonds. The highest BCUT2D eigenvalue weighted by molar-refractivity contribution is 6.31. The van der Waals surface area contributed by atoms with Crippen molar-refractivity contribution < 1.29 is 4.79 Å². The summed E-state index contributed by atoms with van der Waals surface area (Å²) in [6.07, 6.45) is 3.54. The molecule has 0 spiro atoms. The standard InChI is InChI=1S/C23H24ClN3O/c1-16-21-7-6-20(14-18(21)8-11-25-16)26-23(28)17-9-12-27(13-10-17)15-19-4-2-3-5-22(19)24/h2-8,11,14,17H,9-10,12-13,15H2,1H3,(H,26,28). The van der Waals surface area contributed by atoms with Crippen molar-refractivity contribution >= 4 is 34.0 Å². The number of carbonyl (C=O) groups is 1. The number of anilines is 1. The molecule has 2 heterocycles. The minimum atomic E-state index is 0.0531. The molecule has 1 N–H and O–H groups in total. The van der Waals surface area contributed by atoms with Crippen LogP contribution in [0.3, 0.4) is 0 Å². The minimum Gasteiger partial charge on any atom is -0.326 e. The van der Waals surface area contributed by atoms with Gasteiger partial charge in [-0.15, -0.1) is 0 Å². The number of aryl methyl sites for hydroxylation is 1. The number of amides is 1. The van der Waals surface area contributed by atoms with E-state index in [1.54, 1.807) is 6.20 Å². The van der Waals surface area contributed by atoms with E-state index in [2.05, 4.69) is 21.3 Å². The first-order valence-corrected chi connectivity index (χ1v) is 10.1. The quantitative estimate of drug-likeness (QED) is 0.674. The average Bonchev–Trinajstić information content (AvgIpc) is 2.70. The molecular formula is C23H24ClN3O. The summed E-state index contributed by atoms with van der Waals surface area (Å²) in [5, 5.41) is 6.12. The Morgan fingerprint density at radius 2 is 1.96 bits per heavy atom. The van der Waals surface area contributed by atoms with E-state index in [0.29, 0.717) is 0 Å². The van der Waals surface area contributed by atoms with Crippen molar-refractivity contribution in [2.45, 2.75) is 26.3 Å². The fraction of sp³-hybridized carbons (Fsp3) is 0.304. The van der Waals surface area contributed by atoms with Crippen molar-refractivity contribution in [3.05, 3.63) is 71.0 Å². The zero-order valence-corrected chi connectivity index (χ0v) is 16.7. The number of aromatic nitrogens is 1. The smallest absolute Gasteiger partial charge is 0.227 e. The summed E-state index contributed by atoms with van der Waals surface area (Å²) in [5.74, 6) is 0.167. The molecule has 5 heteroatoms. The van der Waals surface area contributed by atoms with Crippen LogP contribution in [0.2, 0.25) is 5.02 Å². The van der Waals surface area contributed by atoms with Crippen LogP contribution in [-0.2, 0) is 11.3 Å². The lowest BCUT2D eigenvalue weighted by Gasteiger charge is -2.31. The molecule has 144 valence electrons. The SMILES string of the molecule is Cc1nccc2cc(NC(=O)C3CCN(Cc4ccccc4Cl)CC3)ccc12. The van der Waals surface area contributed by atoms with Crippen LogP contribution in [0.4, 0.5) is 5.69 Å². The van der Waals surface area contributed by atoms with Gasteiger partial charge >= 0.3 is 0 Å². The number of hydrogen-bond donors (Lipinski definition) is 1. The molecule has 1 aliphatic heterocycles. The lowest BCUT2D eigenvalue weighted by molar-refractivity contribution is -0.121. The Balaban J connectivity index is 1.35. The van der Waals surface area contributed by atoms with Gasteiger partial charge in [-0.25, -0.2) is 0 Å². The predicted molar refractivity (Wildman–Crippen MR) is 115 cm³/mol. The topological polar surface area (TPSA) is 45.2 Å². The van der Waals surface area contributed by atoms with E-state index in [1.807, 2.05) is 49.4 Å². The summed E-state index contributed by atoms with van der Waals surface area (Å²) >= 11 is 6.27. The molecule has 1 saturated heterocycles. The highest BCUT2D eigenvalue weighted by Crippen LogP contribution is 2.25. The number of fused-ring (bicyclic) bond motifs is 1. The number of benzene rings is 2. The van der Waals surface area contributed by atoms with Crippen LogP contribution in [-0.4, -0.2) is 28.9 Å². The van der Waals surface area contributed by atoms with E-state index < -0.39 is 0 Å². The molecular weight excluding hydrogens is 370 g/mol. The molecule has 0 atom stereocenters. The Hall–Kier alpha value is -2.43. The van der Waals surface area contributed by atoms with E-state index in [0.717, 1.165) is 65.2 Å². The van der Waals surface area contributed by atoms with E-state index in [4.69, 9.17) is 11.6 Å². The maximum absolute atomic E-state index is 12.7. The Bertz CT molecular complexity index is 996. The Kier molecular flexibility index (Phi) is 5.60. The zero-order chi connectivity index (χ0) is 19.5. The molecule has 1 fully saturated rings. The fourth-order valence-electron chi connectivity index (χ4n) is 3.87. The van der Waals surface area contributed by atoms with Gasteiger partial charge in [0.25, 0.3) is 0 Å². The van der Waals surface area contributed by atoms with Gasteiger partial charge in [-0.2, -0.15) is 0 Å². The van der Waals surface area contributed by atoms with Gasteiger partial charge in [0.2, 0.25) is 5.91 Å². The van der Waals surface area contributed by atoms with Gasteiger partial charge in [-0.05, 0) is 68.1 Å². The number of piperidine rings is 1. The van der Waals surface area contributed by atoms with Crippen molar-refractivity contribution in [2.24, 2.45) is 5.92 Å². The van der Waals surface area contributed by atoms with Crippen LogP contribution < -0.4 is 5.32 Å². The van der Waals surface area contributed by atoms with Crippen molar-refractivity contribution in [3.63, 3.8) is 0 Å². The third kappa shape index (κ3) is 4.18. The van der Waals surface area contributed by atoms with Crippen molar-refractivity contribution in [2.75, 3.05) is 18.4 Å². The fourth-order valence-corrected chi connectivity index (χ4v) is 4.07. The summed E-state index contributed by atoms with van der Waals surface area (Å²) in [4.78, 5) is 19.4. The molecule has 4 nitrogen and oxygen atoms in total. The summed E-state index contributed by atoms with van der Waals surface area (Å²) in [5.41, 5.74) is 3.00. The van der Waals surface area contributed by atoms with Crippen LogP contribution >= 0.6 is 11.6 Å². The second-order valence-corrected chi connectivity index (χ2v) is 7.87. The second-order valence-electron chi connectivity index (χ2n) is 7.46.